The van der Waals surface area contributed by atoms with Crippen molar-refractivity contribution in [3.8, 4) is 12.3 Å². The maximum absolute atomic E-state index is 12.1. The number of amides is 1. The van der Waals surface area contributed by atoms with Crippen LogP contribution in [0.3, 0.4) is 0 Å². The molecule has 2 aromatic heterocycles. The Bertz CT molecular complexity index is 936. The van der Waals surface area contributed by atoms with Crippen molar-refractivity contribution in [2.45, 2.75) is 50.4 Å². The lowest BCUT2D eigenvalue weighted by molar-refractivity contribution is -0.0669. The molecule has 0 unspecified atom stereocenters. The number of carbonyl (C=O) groups excluding carboxylic acids is 1. The third-order valence-electron chi connectivity index (χ3n) is 4.10. The molecule has 10 nitrogen and oxygen atoms in total. The van der Waals surface area contributed by atoms with Crippen molar-refractivity contribution in [1.82, 2.24) is 19.5 Å². The van der Waals surface area contributed by atoms with E-state index in [0.717, 1.165) is 0 Å². The number of anilines is 1. The van der Waals surface area contributed by atoms with E-state index >= 15 is 0 Å². The quantitative estimate of drug-likeness (QED) is 0.325. The minimum atomic E-state index is -1.97. The lowest BCUT2D eigenvalue weighted by Crippen LogP contribution is -2.45. The van der Waals surface area contributed by atoms with Gasteiger partial charge in [0.2, 0.25) is 0 Å². The molecule has 3 N–H and O–H groups in total. The predicted molar refractivity (Wildman–Crippen MR) is 108 cm³/mol. The van der Waals surface area contributed by atoms with Crippen molar-refractivity contribution < 1.29 is 24.5 Å². The van der Waals surface area contributed by atoms with E-state index in [1.165, 1.54) is 17.2 Å². The zero-order valence-electron chi connectivity index (χ0n) is 15.5. The largest absolute Gasteiger partial charge is 0.444 e. The Morgan fingerprint density at radius 2 is 2.21 bits per heavy atom. The first kappa shape index (κ1) is 20.7. The van der Waals surface area contributed by atoms with Crippen molar-refractivity contribution in [3.63, 3.8) is 0 Å². The molecule has 0 aliphatic carbocycles. The van der Waals surface area contributed by atoms with Crippen LogP contribution in [0.1, 0.15) is 27.0 Å². The van der Waals surface area contributed by atoms with E-state index < -0.39 is 35.7 Å². The fourth-order valence-electron chi connectivity index (χ4n) is 2.84. The number of hydrogen-bond donors (Lipinski definition) is 3. The van der Waals surface area contributed by atoms with Gasteiger partial charge in [0, 0.05) is 4.43 Å². The van der Waals surface area contributed by atoms with Gasteiger partial charge in [0.1, 0.15) is 18.0 Å². The Morgan fingerprint density at radius 1 is 1.50 bits per heavy atom. The molecular weight excluding hydrogens is 481 g/mol. The van der Waals surface area contributed by atoms with Gasteiger partial charge in [-0.05, 0) is 20.8 Å². The summed E-state index contributed by atoms with van der Waals surface area (Å²) in [4.78, 5) is 24.5. The highest BCUT2D eigenvalue weighted by Crippen LogP contribution is 2.40. The maximum atomic E-state index is 12.1. The SMILES string of the molecule is C#C[C@@]1(O)[C@H](O)[C@@H](CI)O[C@H]1n1cnc2c(NC(=O)OC(C)(C)C)ncnc21. The monoisotopic (exact) mass is 501 g/mol. The number of imidazole rings is 1. The summed E-state index contributed by atoms with van der Waals surface area (Å²) < 4.78 is 12.8. The molecule has 0 aromatic carbocycles. The van der Waals surface area contributed by atoms with Crippen molar-refractivity contribution in [1.29, 1.82) is 0 Å². The van der Waals surface area contributed by atoms with Gasteiger partial charge in [-0.3, -0.25) is 9.88 Å². The van der Waals surface area contributed by atoms with Crippen LogP contribution < -0.4 is 5.32 Å². The molecule has 1 fully saturated rings. The fourth-order valence-corrected chi connectivity index (χ4v) is 3.53. The molecule has 0 spiro atoms. The second kappa shape index (κ2) is 7.43. The van der Waals surface area contributed by atoms with Crippen LogP contribution in [0.15, 0.2) is 12.7 Å². The van der Waals surface area contributed by atoms with Gasteiger partial charge < -0.3 is 19.7 Å². The summed E-state index contributed by atoms with van der Waals surface area (Å²) in [5, 5.41) is 23.7. The van der Waals surface area contributed by atoms with Crippen LogP contribution in [-0.2, 0) is 9.47 Å². The number of fused-ring (bicyclic) bond motifs is 1. The van der Waals surface area contributed by atoms with Crippen LogP contribution in [0, 0.1) is 12.3 Å². The number of ether oxygens (including phenoxy) is 2. The number of alkyl halides is 1. The van der Waals surface area contributed by atoms with Crippen molar-refractivity contribution >= 4 is 45.7 Å². The van der Waals surface area contributed by atoms with Crippen LogP contribution in [0.2, 0.25) is 0 Å². The van der Waals surface area contributed by atoms with E-state index in [-0.39, 0.29) is 17.0 Å². The van der Waals surface area contributed by atoms with Gasteiger partial charge in [-0.2, -0.15) is 0 Å². The number of aliphatic hydroxyl groups is 2. The standard InChI is InChI=1S/C17H20IN5O5/c1-5-17(26)11(24)9(6-18)27-14(17)23-8-21-10-12(19-7-20-13(10)23)22-15(25)28-16(2,3)4/h1,7-9,11,14,24,26H,6H2,2-4H3,(H,19,20,22,25)/t9-,11-,14-,17-/m1/s1. The summed E-state index contributed by atoms with van der Waals surface area (Å²) >= 11 is 2.04. The van der Waals surface area contributed by atoms with Gasteiger partial charge in [0.15, 0.2) is 28.8 Å². The Labute approximate surface area is 174 Å². The number of carbonyl (C=O) groups is 1. The molecule has 1 saturated heterocycles. The third-order valence-corrected chi connectivity index (χ3v) is 4.97. The Hall–Kier alpha value is -2.01. The molecule has 11 heteroatoms. The average Bonchev–Trinajstić information content (AvgIpc) is 3.14. The normalized spacial score (nSPS) is 27.5. The number of nitrogens with one attached hydrogen (secondary N) is 1. The molecule has 0 radical (unpaired) electrons. The van der Waals surface area contributed by atoms with Crippen LogP contribution in [0.5, 0.6) is 0 Å². The number of nitrogens with zero attached hydrogens (tertiary/aromatic N) is 4. The molecule has 150 valence electrons. The Balaban J connectivity index is 1.97. The summed E-state index contributed by atoms with van der Waals surface area (Å²) in [6.45, 7) is 5.22. The van der Waals surface area contributed by atoms with Gasteiger partial charge >= 0.3 is 6.09 Å². The zero-order valence-corrected chi connectivity index (χ0v) is 17.6. The van der Waals surface area contributed by atoms with Gasteiger partial charge in [0.05, 0.1) is 12.4 Å². The zero-order chi connectivity index (χ0) is 20.7. The first-order valence-corrected chi connectivity index (χ1v) is 9.90. The number of aromatic nitrogens is 4. The minimum absolute atomic E-state index is 0.131. The molecule has 3 heterocycles. The highest BCUT2D eigenvalue weighted by atomic mass is 127. The molecule has 1 amide bonds. The molecule has 0 saturated carbocycles. The van der Waals surface area contributed by atoms with Gasteiger partial charge in [-0.1, -0.05) is 28.5 Å². The summed E-state index contributed by atoms with van der Waals surface area (Å²) in [5.74, 6) is 2.36. The van der Waals surface area contributed by atoms with Crippen molar-refractivity contribution in [2.75, 3.05) is 9.74 Å². The summed E-state index contributed by atoms with van der Waals surface area (Å²) in [6, 6.07) is 0. The van der Waals surface area contributed by atoms with Crippen LogP contribution in [-0.4, -0.2) is 63.7 Å². The highest BCUT2D eigenvalue weighted by Gasteiger charge is 2.55. The highest BCUT2D eigenvalue weighted by molar-refractivity contribution is 14.1. The number of halogens is 1. The van der Waals surface area contributed by atoms with Crippen molar-refractivity contribution in [2.24, 2.45) is 0 Å². The first-order chi connectivity index (χ1) is 13.1. The molecule has 1 aliphatic heterocycles. The molecule has 28 heavy (non-hydrogen) atoms. The van der Waals surface area contributed by atoms with Crippen LogP contribution in [0.4, 0.5) is 10.6 Å². The van der Waals surface area contributed by atoms with E-state index in [2.05, 4.69) is 26.2 Å². The fraction of sp³-hybridized carbons (Fsp3) is 0.529. The first-order valence-electron chi connectivity index (χ1n) is 8.38. The van der Waals surface area contributed by atoms with Crippen molar-refractivity contribution in [3.05, 3.63) is 12.7 Å². The number of aliphatic hydroxyl groups excluding tert-OH is 1. The average molecular weight is 501 g/mol. The number of rotatable bonds is 3. The molecule has 0 bridgehead atoms. The van der Waals surface area contributed by atoms with Crippen LogP contribution in [0.25, 0.3) is 11.2 Å². The minimum Gasteiger partial charge on any atom is -0.444 e. The van der Waals surface area contributed by atoms with E-state index in [1.807, 2.05) is 22.6 Å². The van der Waals surface area contributed by atoms with E-state index in [0.29, 0.717) is 4.43 Å². The molecule has 3 rings (SSSR count). The lowest BCUT2D eigenvalue weighted by Gasteiger charge is -2.26. The summed E-state index contributed by atoms with van der Waals surface area (Å²) in [6.07, 6.45) is 4.32. The summed E-state index contributed by atoms with van der Waals surface area (Å²) in [5.41, 5.74) is -2.13. The number of terminal acetylenes is 1. The van der Waals surface area contributed by atoms with Gasteiger partial charge in [-0.15, -0.1) is 6.42 Å². The molecule has 1 aliphatic rings. The Kier molecular flexibility index (Phi) is 5.50. The predicted octanol–water partition coefficient (Wildman–Crippen LogP) is 1.23. The second-order valence-electron chi connectivity index (χ2n) is 7.27. The van der Waals surface area contributed by atoms with E-state index in [9.17, 15) is 15.0 Å². The topological polar surface area (TPSA) is 132 Å². The Morgan fingerprint density at radius 3 is 2.82 bits per heavy atom. The number of hydrogen-bond acceptors (Lipinski definition) is 8. The van der Waals surface area contributed by atoms with E-state index in [4.69, 9.17) is 15.9 Å². The molecular formula is C17H20IN5O5. The smallest absolute Gasteiger partial charge is 0.413 e. The third kappa shape index (κ3) is 3.64. The molecule has 2 aromatic rings. The van der Waals surface area contributed by atoms with Gasteiger partial charge in [0.25, 0.3) is 0 Å². The lowest BCUT2D eigenvalue weighted by atomic mass is 9.95. The molecule has 4 atom stereocenters. The summed E-state index contributed by atoms with van der Waals surface area (Å²) in [7, 11) is 0. The maximum Gasteiger partial charge on any atom is 0.413 e. The van der Waals surface area contributed by atoms with E-state index in [1.54, 1.807) is 20.8 Å². The second-order valence-corrected chi connectivity index (χ2v) is 8.15. The van der Waals surface area contributed by atoms with Crippen LogP contribution >= 0.6 is 22.6 Å². The van der Waals surface area contributed by atoms with Gasteiger partial charge in [-0.25, -0.2) is 19.7 Å².